The Morgan fingerprint density at radius 2 is 1.63 bits per heavy atom. The number of nitrogens with one attached hydrogen (secondary N) is 3. The van der Waals surface area contributed by atoms with Crippen LogP contribution in [-0.4, -0.2) is 39.1 Å². The highest BCUT2D eigenvalue weighted by molar-refractivity contribution is 7.80. The second kappa shape index (κ2) is 10.7. The number of pyridine rings is 1. The van der Waals surface area contributed by atoms with Crippen LogP contribution in [0, 0.1) is 13.8 Å². The number of anilines is 3. The van der Waals surface area contributed by atoms with Gasteiger partial charge < -0.3 is 15.4 Å². The van der Waals surface area contributed by atoms with Crippen LogP contribution in [0.3, 0.4) is 0 Å². The molecule has 0 unspecified atom stereocenters. The maximum Gasteiger partial charge on any atom is 0.337 e. The minimum atomic E-state index is -0.412. The van der Waals surface area contributed by atoms with E-state index in [9.17, 15) is 4.79 Å². The monoisotopic (exact) mass is 485 g/mol. The quantitative estimate of drug-likeness (QED) is 0.164. The molecule has 0 aliphatic carbocycles. The lowest BCUT2D eigenvalue weighted by Crippen LogP contribution is -2.26. The van der Waals surface area contributed by atoms with E-state index in [0.717, 1.165) is 22.3 Å². The fourth-order valence-corrected chi connectivity index (χ4v) is 3.52. The average Bonchev–Trinajstić information content (AvgIpc) is 2.83. The maximum absolute atomic E-state index is 11.6. The SMILES string of the molecule is COC(=O)c1ccc(NC(=S)/N=C(/Nc2cnc3ccccc3c2)Nc2nc(C)cc(C)n2)cc1. The number of guanidine groups is 1. The molecule has 2 heterocycles. The number of hydrogen-bond acceptors (Lipinski definition) is 6. The fourth-order valence-electron chi connectivity index (χ4n) is 3.31. The molecule has 10 heteroatoms. The number of rotatable bonds is 4. The molecular formula is C25H23N7O2S. The van der Waals surface area contributed by atoms with Crippen molar-refractivity contribution in [2.24, 2.45) is 4.99 Å². The summed E-state index contributed by atoms with van der Waals surface area (Å²) in [5.74, 6) is 0.286. The first-order valence-corrected chi connectivity index (χ1v) is 11.1. The van der Waals surface area contributed by atoms with Crippen molar-refractivity contribution in [3.63, 3.8) is 0 Å². The zero-order valence-electron chi connectivity index (χ0n) is 19.4. The number of aliphatic imine (C=N–C) groups is 1. The third kappa shape index (κ3) is 6.33. The van der Waals surface area contributed by atoms with Crippen molar-refractivity contribution < 1.29 is 9.53 Å². The van der Waals surface area contributed by atoms with Gasteiger partial charge in [0.2, 0.25) is 17.0 Å². The van der Waals surface area contributed by atoms with Gasteiger partial charge in [0.05, 0.1) is 30.1 Å². The molecule has 4 aromatic rings. The summed E-state index contributed by atoms with van der Waals surface area (Å²) in [6, 6.07) is 18.4. The Hall–Kier alpha value is -4.44. The Labute approximate surface area is 207 Å². The molecule has 0 radical (unpaired) electrons. The summed E-state index contributed by atoms with van der Waals surface area (Å²) in [5.41, 5.74) is 4.34. The van der Waals surface area contributed by atoms with Crippen LogP contribution < -0.4 is 16.0 Å². The molecular weight excluding hydrogens is 462 g/mol. The number of benzene rings is 2. The molecule has 35 heavy (non-hydrogen) atoms. The highest BCUT2D eigenvalue weighted by Crippen LogP contribution is 2.17. The fraction of sp³-hybridized carbons (Fsp3) is 0.120. The second-order valence-electron chi connectivity index (χ2n) is 7.60. The number of ether oxygens (including phenoxy) is 1. The molecule has 0 aliphatic rings. The number of methoxy groups -OCH3 is 1. The topological polar surface area (TPSA) is 113 Å². The van der Waals surface area contributed by atoms with Crippen LogP contribution in [0.4, 0.5) is 17.3 Å². The number of aromatic nitrogens is 3. The lowest BCUT2D eigenvalue weighted by molar-refractivity contribution is 0.0601. The zero-order valence-corrected chi connectivity index (χ0v) is 20.2. The molecule has 0 saturated carbocycles. The molecule has 0 atom stereocenters. The number of hydrogen-bond donors (Lipinski definition) is 3. The van der Waals surface area contributed by atoms with E-state index in [-0.39, 0.29) is 5.11 Å². The van der Waals surface area contributed by atoms with Crippen molar-refractivity contribution in [3.8, 4) is 0 Å². The molecule has 2 aromatic heterocycles. The molecule has 0 amide bonds. The van der Waals surface area contributed by atoms with Crippen LogP contribution in [-0.2, 0) is 4.74 Å². The lowest BCUT2D eigenvalue weighted by atomic mass is 10.2. The van der Waals surface area contributed by atoms with Crippen molar-refractivity contribution in [1.82, 2.24) is 15.0 Å². The average molecular weight is 486 g/mol. The van der Waals surface area contributed by atoms with Gasteiger partial charge >= 0.3 is 5.97 Å². The largest absolute Gasteiger partial charge is 0.465 e. The smallest absolute Gasteiger partial charge is 0.337 e. The van der Waals surface area contributed by atoms with E-state index in [0.29, 0.717) is 28.8 Å². The van der Waals surface area contributed by atoms with Crippen molar-refractivity contribution >= 4 is 57.5 Å². The number of esters is 1. The molecule has 0 saturated heterocycles. The Bertz CT molecular complexity index is 1400. The van der Waals surface area contributed by atoms with Gasteiger partial charge in [-0.1, -0.05) is 18.2 Å². The van der Waals surface area contributed by atoms with Crippen molar-refractivity contribution in [1.29, 1.82) is 0 Å². The van der Waals surface area contributed by atoms with Gasteiger partial charge in [0.25, 0.3) is 0 Å². The summed E-state index contributed by atoms with van der Waals surface area (Å²) in [6.45, 7) is 3.78. The highest BCUT2D eigenvalue weighted by Gasteiger charge is 2.09. The number of thiocarbonyl (C=S) groups is 1. The van der Waals surface area contributed by atoms with Gasteiger partial charge in [0, 0.05) is 22.5 Å². The summed E-state index contributed by atoms with van der Waals surface area (Å²) in [5, 5.41) is 10.5. The van der Waals surface area contributed by atoms with Gasteiger partial charge in [0.15, 0.2) is 0 Å². The minimum Gasteiger partial charge on any atom is -0.465 e. The third-order valence-corrected chi connectivity index (χ3v) is 5.03. The van der Waals surface area contributed by atoms with E-state index in [4.69, 9.17) is 17.0 Å². The molecule has 0 bridgehead atoms. The first kappa shape index (κ1) is 23.7. The summed E-state index contributed by atoms with van der Waals surface area (Å²) in [7, 11) is 1.34. The van der Waals surface area contributed by atoms with Crippen molar-refractivity contribution in [3.05, 3.63) is 83.8 Å². The Kier molecular flexibility index (Phi) is 7.22. The predicted octanol–water partition coefficient (Wildman–Crippen LogP) is 4.71. The van der Waals surface area contributed by atoms with E-state index >= 15 is 0 Å². The van der Waals surface area contributed by atoms with E-state index in [1.54, 1.807) is 30.5 Å². The molecule has 4 rings (SSSR count). The van der Waals surface area contributed by atoms with E-state index in [1.807, 2.05) is 50.2 Å². The van der Waals surface area contributed by atoms with Crippen LogP contribution in [0.15, 0.2) is 71.9 Å². The zero-order chi connectivity index (χ0) is 24.8. The molecule has 9 nitrogen and oxygen atoms in total. The van der Waals surface area contributed by atoms with Gasteiger partial charge in [-0.2, -0.15) is 4.99 Å². The number of fused-ring (bicyclic) bond motifs is 1. The van der Waals surface area contributed by atoms with E-state index < -0.39 is 5.97 Å². The highest BCUT2D eigenvalue weighted by atomic mass is 32.1. The van der Waals surface area contributed by atoms with Crippen LogP contribution in [0.1, 0.15) is 21.7 Å². The molecule has 0 spiro atoms. The first-order valence-electron chi connectivity index (χ1n) is 10.7. The van der Waals surface area contributed by atoms with Gasteiger partial charge in [0.1, 0.15) is 0 Å². The number of para-hydroxylation sites is 1. The Morgan fingerprint density at radius 1 is 0.914 bits per heavy atom. The Balaban J connectivity index is 1.58. The second-order valence-corrected chi connectivity index (χ2v) is 7.99. The molecule has 3 N–H and O–H groups in total. The maximum atomic E-state index is 11.6. The van der Waals surface area contributed by atoms with Crippen molar-refractivity contribution in [2.75, 3.05) is 23.1 Å². The molecule has 2 aromatic carbocycles. The summed E-state index contributed by atoms with van der Waals surface area (Å²) < 4.78 is 4.73. The van der Waals surface area contributed by atoms with Gasteiger partial charge in [-0.3, -0.25) is 10.3 Å². The van der Waals surface area contributed by atoms with Crippen LogP contribution in [0.2, 0.25) is 0 Å². The minimum absolute atomic E-state index is 0.184. The Morgan fingerprint density at radius 3 is 2.34 bits per heavy atom. The number of aryl methyl sites for hydroxylation is 2. The molecule has 0 fully saturated rings. The summed E-state index contributed by atoms with van der Waals surface area (Å²) in [6.07, 6.45) is 1.71. The van der Waals surface area contributed by atoms with Crippen molar-refractivity contribution in [2.45, 2.75) is 13.8 Å². The van der Waals surface area contributed by atoms with Gasteiger partial charge in [-0.25, -0.2) is 14.8 Å². The molecule has 0 aliphatic heterocycles. The van der Waals surface area contributed by atoms with E-state index in [2.05, 4.69) is 35.9 Å². The third-order valence-electron chi connectivity index (χ3n) is 4.84. The van der Waals surface area contributed by atoms with Gasteiger partial charge in [-0.15, -0.1) is 0 Å². The van der Waals surface area contributed by atoms with Crippen LogP contribution in [0.5, 0.6) is 0 Å². The predicted molar refractivity (Wildman–Crippen MR) is 142 cm³/mol. The van der Waals surface area contributed by atoms with Crippen LogP contribution in [0.25, 0.3) is 10.9 Å². The standard InChI is InChI=1S/C25H23N7O2S/c1-15-12-16(2)28-23(27-15)31-24(29-20-13-18-6-4-5-7-21(18)26-14-20)32-25(35)30-19-10-8-17(9-11-19)22(33)34-3/h4-14H,1-3H3,(H3,27,28,29,30,31,32,35). The first-order chi connectivity index (χ1) is 16.9. The lowest BCUT2D eigenvalue weighted by Gasteiger charge is -2.13. The number of carbonyl (C=O) groups is 1. The molecule has 176 valence electrons. The van der Waals surface area contributed by atoms with Gasteiger partial charge in [-0.05, 0) is 68.5 Å². The number of nitrogens with zero attached hydrogens (tertiary/aromatic N) is 4. The normalized spacial score (nSPS) is 11.1. The summed E-state index contributed by atoms with van der Waals surface area (Å²) in [4.78, 5) is 29.5. The van der Waals surface area contributed by atoms with E-state index in [1.165, 1.54) is 7.11 Å². The summed E-state index contributed by atoms with van der Waals surface area (Å²) >= 11 is 5.45. The van der Waals surface area contributed by atoms with Crippen LogP contribution >= 0.6 is 12.2 Å². The number of carbonyl (C=O) groups excluding carboxylic acids is 1.